The van der Waals surface area contributed by atoms with Crippen molar-refractivity contribution in [2.24, 2.45) is 11.0 Å². The molecule has 0 aliphatic carbocycles. The van der Waals surface area contributed by atoms with E-state index in [1.54, 1.807) is 0 Å². The van der Waals surface area contributed by atoms with E-state index < -0.39 is 0 Å². The Labute approximate surface area is 177 Å². The van der Waals surface area contributed by atoms with E-state index >= 15 is 0 Å². The highest BCUT2D eigenvalue weighted by atomic mass is 35.5. The number of hydrogen-bond donors (Lipinski definition) is 3. The van der Waals surface area contributed by atoms with Crippen molar-refractivity contribution in [2.75, 3.05) is 6.54 Å². The molecule has 1 fully saturated rings. The van der Waals surface area contributed by atoms with E-state index in [4.69, 9.17) is 11.6 Å². The molecular formula is C21H29ClN6O. The number of hydrazone groups is 1. The van der Waals surface area contributed by atoms with Crippen molar-refractivity contribution in [1.82, 2.24) is 26.1 Å². The molecule has 3 aliphatic rings. The third-order valence-corrected chi connectivity index (χ3v) is 5.96. The topological polar surface area (TPSA) is 72.0 Å². The highest BCUT2D eigenvalue weighted by Gasteiger charge is 2.44. The molecule has 3 aliphatic heterocycles. The van der Waals surface area contributed by atoms with Crippen molar-refractivity contribution < 1.29 is 4.79 Å². The fourth-order valence-electron chi connectivity index (χ4n) is 4.04. The van der Waals surface area contributed by atoms with Crippen molar-refractivity contribution in [3.8, 4) is 0 Å². The lowest BCUT2D eigenvalue weighted by Crippen LogP contribution is -2.54. The summed E-state index contributed by atoms with van der Waals surface area (Å²) < 4.78 is 0. The van der Waals surface area contributed by atoms with E-state index in [9.17, 15) is 4.79 Å². The zero-order valence-electron chi connectivity index (χ0n) is 16.9. The van der Waals surface area contributed by atoms with Gasteiger partial charge in [-0.2, -0.15) is 5.10 Å². The molecule has 4 rings (SSSR count). The molecule has 3 N–H and O–H groups in total. The SMILES string of the molecule is CC(C)CCNC(=O)CCC1=NNC2C3CC(c4ccc(Cl)cc4)NN3C=CN12. The van der Waals surface area contributed by atoms with Gasteiger partial charge in [-0.1, -0.05) is 37.6 Å². The van der Waals surface area contributed by atoms with Gasteiger partial charge < -0.3 is 15.2 Å². The molecular weight excluding hydrogens is 388 g/mol. The first-order valence-corrected chi connectivity index (χ1v) is 10.7. The fraction of sp³-hybridized carbons (Fsp3) is 0.524. The molecule has 1 aromatic carbocycles. The van der Waals surface area contributed by atoms with Gasteiger partial charge in [-0.05, 0) is 36.5 Å². The van der Waals surface area contributed by atoms with Gasteiger partial charge in [-0.25, -0.2) is 5.43 Å². The van der Waals surface area contributed by atoms with Crippen LogP contribution in [0.3, 0.4) is 0 Å². The van der Waals surface area contributed by atoms with E-state index in [2.05, 4.69) is 63.4 Å². The summed E-state index contributed by atoms with van der Waals surface area (Å²) in [7, 11) is 0. The van der Waals surface area contributed by atoms with Gasteiger partial charge in [-0.3, -0.25) is 10.2 Å². The van der Waals surface area contributed by atoms with Crippen LogP contribution in [0.4, 0.5) is 0 Å². The maximum absolute atomic E-state index is 12.1. The second kappa shape index (κ2) is 8.63. The molecule has 7 nitrogen and oxygen atoms in total. The minimum absolute atomic E-state index is 0.0730. The summed E-state index contributed by atoms with van der Waals surface area (Å²) >= 11 is 6.02. The number of amidine groups is 1. The number of carbonyl (C=O) groups excluding carboxylic acids is 1. The number of hydrogen-bond acceptors (Lipinski definition) is 6. The van der Waals surface area contributed by atoms with Gasteiger partial charge in [0.15, 0.2) is 0 Å². The van der Waals surface area contributed by atoms with Gasteiger partial charge in [0, 0.05) is 36.8 Å². The lowest BCUT2D eigenvalue weighted by molar-refractivity contribution is -0.121. The van der Waals surface area contributed by atoms with E-state index in [-0.39, 0.29) is 24.2 Å². The summed E-state index contributed by atoms with van der Waals surface area (Å²) in [4.78, 5) is 14.3. The molecule has 0 aromatic heterocycles. The fourth-order valence-corrected chi connectivity index (χ4v) is 4.16. The molecule has 0 radical (unpaired) electrons. The number of carbonyl (C=O) groups is 1. The van der Waals surface area contributed by atoms with E-state index in [1.165, 1.54) is 5.56 Å². The third-order valence-electron chi connectivity index (χ3n) is 5.71. The Bertz CT molecular complexity index is 793. The molecule has 3 heterocycles. The largest absolute Gasteiger partial charge is 0.356 e. The standard InChI is InChI=1S/C21H29ClN6O/c1-14(2)9-10-23-20(29)8-7-19-24-25-21-18-13-17(15-3-5-16(22)6-4-15)26-28(18)12-11-27(19)21/h3-6,11-12,14,17-18,21,25-26H,7-10,13H2,1-2H3,(H,23,29). The van der Waals surface area contributed by atoms with Crippen LogP contribution < -0.4 is 16.2 Å². The van der Waals surface area contributed by atoms with Gasteiger partial charge in [0.1, 0.15) is 12.0 Å². The molecule has 0 saturated carbocycles. The van der Waals surface area contributed by atoms with Crippen LogP contribution in [0, 0.1) is 5.92 Å². The average Bonchev–Trinajstić information content (AvgIpc) is 3.30. The lowest BCUT2D eigenvalue weighted by atomic mass is 9.99. The quantitative estimate of drug-likeness (QED) is 0.637. The van der Waals surface area contributed by atoms with Crippen LogP contribution in [0.25, 0.3) is 0 Å². The van der Waals surface area contributed by atoms with Gasteiger partial charge in [-0.15, -0.1) is 0 Å². The van der Waals surface area contributed by atoms with Crippen LogP contribution in [-0.4, -0.2) is 40.4 Å². The second-order valence-electron chi connectivity index (χ2n) is 8.28. The van der Waals surface area contributed by atoms with Crippen molar-refractivity contribution in [2.45, 2.75) is 57.8 Å². The van der Waals surface area contributed by atoms with Crippen LogP contribution >= 0.6 is 11.6 Å². The van der Waals surface area contributed by atoms with Gasteiger partial charge >= 0.3 is 0 Å². The van der Waals surface area contributed by atoms with Crippen molar-refractivity contribution in [1.29, 1.82) is 0 Å². The molecule has 0 spiro atoms. The minimum atomic E-state index is 0.0730. The molecule has 0 bridgehead atoms. The summed E-state index contributed by atoms with van der Waals surface area (Å²) in [5.74, 6) is 1.60. The zero-order valence-corrected chi connectivity index (χ0v) is 17.7. The summed E-state index contributed by atoms with van der Waals surface area (Å²) in [5, 5.41) is 10.4. The summed E-state index contributed by atoms with van der Waals surface area (Å²) in [6.07, 6.45) is 7.21. The summed E-state index contributed by atoms with van der Waals surface area (Å²) in [6, 6.07) is 8.49. The smallest absolute Gasteiger partial charge is 0.220 e. The van der Waals surface area contributed by atoms with E-state index in [1.807, 2.05) is 18.3 Å². The molecule has 1 aromatic rings. The number of amides is 1. The highest BCUT2D eigenvalue weighted by Crippen LogP contribution is 2.34. The lowest BCUT2D eigenvalue weighted by Gasteiger charge is -2.37. The number of halogens is 1. The normalized spacial score (nSPS) is 25.0. The highest BCUT2D eigenvalue weighted by molar-refractivity contribution is 6.30. The van der Waals surface area contributed by atoms with Gasteiger partial charge in [0.2, 0.25) is 5.91 Å². The molecule has 3 unspecified atom stereocenters. The van der Waals surface area contributed by atoms with Crippen LogP contribution in [0.2, 0.25) is 5.02 Å². The predicted molar refractivity (Wildman–Crippen MR) is 115 cm³/mol. The molecule has 3 atom stereocenters. The Hall–Kier alpha value is -2.25. The van der Waals surface area contributed by atoms with Crippen LogP contribution in [0.5, 0.6) is 0 Å². The Morgan fingerprint density at radius 3 is 2.86 bits per heavy atom. The molecule has 8 heteroatoms. The van der Waals surface area contributed by atoms with Gasteiger partial charge in [0.05, 0.1) is 12.1 Å². The predicted octanol–water partition coefficient (Wildman–Crippen LogP) is 2.93. The molecule has 1 amide bonds. The molecule has 1 saturated heterocycles. The minimum Gasteiger partial charge on any atom is -0.356 e. The first kappa shape index (κ1) is 20.0. The van der Waals surface area contributed by atoms with Crippen molar-refractivity contribution >= 4 is 23.3 Å². The van der Waals surface area contributed by atoms with Crippen LogP contribution in [0.15, 0.2) is 41.8 Å². The Morgan fingerprint density at radius 1 is 1.31 bits per heavy atom. The Balaban J connectivity index is 1.31. The maximum Gasteiger partial charge on any atom is 0.220 e. The second-order valence-corrected chi connectivity index (χ2v) is 8.72. The average molecular weight is 417 g/mol. The molecule has 156 valence electrons. The first-order valence-electron chi connectivity index (χ1n) is 10.4. The number of rotatable bonds is 7. The first-order chi connectivity index (χ1) is 14.0. The number of fused-ring (bicyclic) bond motifs is 3. The number of nitrogens with one attached hydrogen (secondary N) is 3. The Morgan fingerprint density at radius 2 is 2.10 bits per heavy atom. The van der Waals surface area contributed by atoms with E-state index in [0.29, 0.717) is 18.8 Å². The van der Waals surface area contributed by atoms with Crippen molar-refractivity contribution in [3.05, 3.63) is 47.3 Å². The number of benzene rings is 1. The van der Waals surface area contributed by atoms with Crippen molar-refractivity contribution in [3.63, 3.8) is 0 Å². The Kier molecular flexibility index (Phi) is 5.96. The number of hydrazine groups is 1. The zero-order chi connectivity index (χ0) is 20.4. The summed E-state index contributed by atoms with van der Waals surface area (Å²) in [6.45, 7) is 5.06. The molecule has 29 heavy (non-hydrogen) atoms. The van der Waals surface area contributed by atoms with Crippen LogP contribution in [0.1, 0.15) is 51.1 Å². The monoisotopic (exact) mass is 416 g/mol. The van der Waals surface area contributed by atoms with Crippen LogP contribution in [-0.2, 0) is 4.79 Å². The summed E-state index contributed by atoms with van der Waals surface area (Å²) in [5.41, 5.74) is 8.05. The third kappa shape index (κ3) is 4.51. The number of nitrogens with zero attached hydrogens (tertiary/aromatic N) is 3. The van der Waals surface area contributed by atoms with E-state index in [0.717, 1.165) is 30.2 Å². The van der Waals surface area contributed by atoms with Gasteiger partial charge in [0.25, 0.3) is 0 Å². The maximum atomic E-state index is 12.1.